The molecule has 0 aliphatic carbocycles. The molecular weight excluding hydrogens is 356 g/mol. The largest absolute Gasteiger partial charge is 0.478 e. The Balaban J connectivity index is 2.09. The quantitative estimate of drug-likeness (QED) is 0.833. The zero-order valence-corrected chi connectivity index (χ0v) is 14.2. The maximum atomic E-state index is 12.3. The Labute approximate surface area is 136 Å². The van der Waals surface area contributed by atoms with Gasteiger partial charge in [-0.2, -0.15) is 11.8 Å². The summed E-state index contributed by atoms with van der Waals surface area (Å²) in [5.74, 6) is -1.03. The van der Waals surface area contributed by atoms with Crippen molar-refractivity contribution in [1.82, 2.24) is 4.90 Å². The lowest BCUT2D eigenvalue weighted by Crippen LogP contribution is -2.46. The summed E-state index contributed by atoms with van der Waals surface area (Å²) in [6.45, 7) is 5.60. The standard InChI is InChI=1S/C14H17BrN2O3S/c1-8-6-17(7-9(2)21-8)14(20)16-10-3-4-12(15)11(5-10)13(18)19/h3-5,8-9H,6-7H2,1-2H3,(H,16,20)(H,18,19). The summed E-state index contributed by atoms with van der Waals surface area (Å²) in [4.78, 5) is 25.1. The van der Waals surface area contributed by atoms with Gasteiger partial charge in [-0.05, 0) is 34.1 Å². The summed E-state index contributed by atoms with van der Waals surface area (Å²) in [6.07, 6.45) is 0. The van der Waals surface area contributed by atoms with Gasteiger partial charge in [-0.15, -0.1) is 0 Å². The monoisotopic (exact) mass is 372 g/mol. The van der Waals surface area contributed by atoms with E-state index in [4.69, 9.17) is 5.11 Å². The van der Waals surface area contributed by atoms with E-state index in [1.165, 1.54) is 6.07 Å². The molecule has 1 aliphatic rings. The Bertz CT molecular complexity index is 557. The molecule has 5 nitrogen and oxygen atoms in total. The Kier molecular flexibility index (Phi) is 5.16. The first kappa shape index (κ1) is 16.2. The van der Waals surface area contributed by atoms with Gasteiger partial charge in [0.2, 0.25) is 0 Å². The first-order valence-electron chi connectivity index (χ1n) is 6.61. The van der Waals surface area contributed by atoms with Gasteiger partial charge in [-0.25, -0.2) is 9.59 Å². The molecule has 114 valence electrons. The lowest BCUT2D eigenvalue weighted by molar-refractivity contribution is 0.0696. The third-order valence-electron chi connectivity index (χ3n) is 3.15. The molecule has 2 N–H and O–H groups in total. The van der Waals surface area contributed by atoms with Crippen molar-refractivity contribution in [3.05, 3.63) is 28.2 Å². The topological polar surface area (TPSA) is 69.6 Å². The average Bonchev–Trinajstić information content (AvgIpc) is 2.39. The van der Waals surface area contributed by atoms with E-state index in [1.807, 2.05) is 11.8 Å². The van der Waals surface area contributed by atoms with Gasteiger partial charge in [0, 0.05) is 33.7 Å². The fourth-order valence-electron chi connectivity index (χ4n) is 2.31. The second kappa shape index (κ2) is 6.70. The molecule has 2 amide bonds. The normalized spacial score (nSPS) is 22.0. The third-order valence-corrected chi connectivity index (χ3v) is 5.07. The lowest BCUT2D eigenvalue weighted by Gasteiger charge is -2.34. The van der Waals surface area contributed by atoms with Crippen molar-refractivity contribution in [3.8, 4) is 0 Å². The van der Waals surface area contributed by atoms with Crippen LogP contribution in [0.4, 0.5) is 10.5 Å². The molecule has 1 heterocycles. The summed E-state index contributed by atoms with van der Waals surface area (Å²) >= 11 is 5.05. The van der Waals surface area contributed by atoms with E-state index < -0.39 is 5.97 Å². The predicted octanol–water partition coefficient (Wildman–Crippen LogP) is 3.51. The van der Waals surface area contributed by atoms with Crippen molar-refractivity contribution in [2.75, 3.05) is 18.4 Å². The molecule has 0 spiro atoms. The Morgan fingerprint density at radius 2 is 1.95 bits per heavy atom. The summed E-state index contributed by atoms with van der Waals surface area (Å²) in [6, 6.07) is 4.57. The maximum absolute atomic E-state index is 12.3. The van der Waals surface area contributed by atoms with E-state index in [2.05, 4.69) is 35.1 Å². The minimum atomic E-state index is -1.03. The first-order valence-corrected chi connectivity index (χ1v) is 8.34. The van der Waals surface area contributed by atoms with E-state index in [0.29, 0.717) is 33.7 Å². The van der Waals surface area contributed by atoms with Gasteiger partial charge < -0.3 is 15.3 Å². The van der Waals surface area contributed by atoms with Crippen LogP contribution in [0, 0.1) is 0 Å². The molecular formula is C14H17BrN2O3S. The van der Waals surface area contributed by atoms with E-state index in [0.717, 1.165) is 0 Å². The number of benzene rings is 1. The van der Waals surface area contributed by atoms with Crippen LogP contribution < -0.4 is 5.32 Å². The van der Waals surface area contributed by atoms with Crippen molar-refractivity contribution in [2.24, 2.45) is 0 Å². The minimum Gasteiger partial charge on any atom is -0.478 e. The SMILES string of the molecule is CC1CN(C(=O)Nc2ccc(Br)c(C(=O)O)c2)CC(C)S1. The number of aromatic carboxylic acids is 1. The number of carboxylic acids is 1. The molecule has 1 saturated heterocycles. The molecule has 21 heavy (non-hydrogen) atoms. The maximum Gasteiger partial charge on any atom is 0.336 e. The molecule has 2 atom stereocenters. The van der Waals surface area contributed by atoms with Crippen molar-refractivity contribution in [3.63, 3.8) is 0 Å². The van der Waals surface area contributed by atoms with Crippen LogP contribution in [0.5, 0.6) is 0 Å². The van der Waals surface area contributed by atoms with Gasteiger partial charge in [-0.3, -0.25) is 0 Å². The molecule has 1 aromatic rings. The number of carboxylic acid groups (broad SMARTS) is 1. The van der Waals surface area contributed by atoms with Gasteiger partial charge in [0.15, 0.2) is 0 Å². The second-order valence-electron chi connectivity index (χ2n) is 5.09. The van der Waals surface area contributed by atoms with Crippen LogP contribution in [-0.2, 0) is 0 Å². The first-order chi connectivity index (χ1) is 9.86. The molecule has 1 aromatic carbocycles. The molecule has 1 fully saturated rings. The van der Waals surface area contributed by atoms with Crippen molar-refractivity contribution < 1.29 is 14.7 Å². The molecule has 0 bridgehead atoms. The summed E-state index contributed by atoms with van der Waals surface area (Å²) in [5.41, 5.74) is 0.614. The fraction of sp³-hybridized carbons (Fsp3) is 0.429. The Morgan fingerprint density at radius 1 is 1.33 bits per heavy atom. The zero-order chi connectivity index (χ0) is 15.6. The number of rotatable bonds is 2. The number of carbonyl (C=O) groups excluding carboxylic acids is 1. The predicted molar refractivity (Wildman–Crippen MR) is 88.2 cm³/mol. The number of thioether (sulfide) groups is 1. The number of amides is 2. The summed E-state index contributed by atoms with van der Waals surface area (Å²) in [5, 5.41) is 12.7. The van der Waals surface area contributed by atoms with Crippen LogP contribution >= 0.6 is 27.7 Å². The number of nitrogens with one attached hydrogen (secondary N) is 1. The lowest BCUT2D eigenvalue weighted by atomic mass is 10.2. The van der Waals surface area contributed by atoms with Gasteiger partial charge in [0.25, 0.3) is 0 Å². The highest BCUT2D eigenvalue weighted by Gasteiger charge is 2.26. The van der Waals surface area contributed by atoms with Crippen LogP contribution in [0.1, 0.15) is 24.2 Å². The molecule has 7 heteroatoms. The van der Waals surface area contributed by atoms with Gasteiger partial charge in [0.05, 0.1) is 5.56 Å². The highest BCUT2D eigenvalue weighted by molar-refractivity contribution is 9.10. The number of carbonyl (C=O) groups is 2. The molecule has 1 aliphatic heterocycles. The van der Waals surface area contributed by atoms with Crippen molar-refractivity contribution in [2.45, 2.75) is 24.3 Å². The average molecular weight is 373 g/mol. The van der Waals surface area contributed by atoms with Crippen molar-refractivity contribution in [1.29, 1.82) is 0 Å². The number of nitrogens with zero attached hydrogens (tertiary/aromatic N) is 1. The molecule has 0 radical (unpaired) electrons. The fourth-order valence-corrected chi connectivity index (χ4v) is 4.05. The van der Waals surface area contributed by atoms with E-state index in [9.17, 15) is 9.59 Å². The number of halogens is 1. The Hall–Kier alpha value is -1.21. The van der Waals surface area contributed by atoms with Crippen LogP contribution in [0.2, 0.25) is 0 Å². The number of hydrogen-bond acceptors (Lipinski definition) is 3. The van der Waals surface area contributed by atoms with E-state index in [-0.39, 0.29) is 11.6 Å². The van der Waals surface area contributed by atoms with Crippen LogP contribution in [0.3, 0.4) is 0 Å². The van der Waals surface area contributed by atoms with Crippen molar-refractivity contribution >= 4 is 45.4 Å². The zero-order valence-electron chi connectivity index (χ0n) is 11.8. The van der Waals surface area contributed by atoms with E-state index in [1.54, 1.807) is 17.0 Å². The summed E-state index contributed by atoms with van der Waals surface area (Å²) in [7, 11) is 0. The highest BCUT2D eigenvalue weighted by atomic mass is 79.9. The smallest absolute Gasteiger partial charge is 0.336 e. The van der Waals surface area contributed by atoms with Gasteiger partial charge in [0.1, 0.15) is 0 Å². The van der Waals surface area contributed by atoms with Crippen LogP contribution in [-0.4, -0.2) is 45.6 Å². The molecule has 0 saturated carbocycles. The van der Waals surface area contributed by atoms with Gasteiger partial charge in [-0.1, -0.05) is 13.8 Å². The van der Waals surface area contributed by atoms with Crippen LogP contribution in [0.25, 0.3) is 0 Å². The number of hydrogen-bond donors (Lipinski definition) is 2. The molecule has 0 aromatic heterocycles. The Morgan fingerprint density at radius 3 is 2.52 bits per heavy atom. The number of urea groups is 1. The number of anilines is 1. The molecule has 2 rings (SSSR count). The second-order valence-corrected chi connectivity index (χ2v) is 7.83. The summed E-state index contributed by atoms with van der Waals surface area (Å²) < 4.78 is 0.490. The highest BCUT2D eigenvalue weighted by Crippen LogP contribution is 2.26. The van der Waals surface area contributed by atoms with E-state index >= 15 is 0 Å². The molecule has 2 unspecified atom stereocenters. The third kappa shape index (κ3) is 4.14. The van der Waals surface area contributed by atoms with Gasteiger partial charge >= 0.3 is 12.0 Å². The van der Waals surface area contributed by atoms with Crippen LogP contribution in [0.15, 0.2) is 22.7 Å². The minimum absolute atomic E-state index is 0.128.